The number of thioether (sulfide) groups is 1. The molecule has 1 fully saturated rings. The molecule has 1 rings (SSSR count). The van der Waals surface area contributed by atoms with E-state index in [1.54, 1.807) is 33.1 Å². The Labute approximate surface area is 126 Å². The van der Waals surface area contributed by atoms with Crippen LogP contribution in [0.4, 0.5) is 0 Å². The van der Waals surface area contributed by atoms with Gasteiger partial charge in [0.15, 0.2) is 0 Å². The van der Waals surface area contributed by atoms with Crippen molar-refractivity contribution in [2.75, 3.05) is 46.0 Å². The van der Waals surface area contributed by atoms with Gasteiger partial charge in [0.25, 0.3) is 0 Å². The predicted molar refractivity (Wildman–Crippen MR) is 79.9 cm³/mol. The van der Waals surface area contributed by atoms with E-state index in [1.807, 2.05) is 6.92 Å². The Bertz CT molecular complexity index is 321. The average molecular weight is 324 g/mol. The second-order valence-electron chi connectivity index (χ2n) is 5.06. The highest BCUT2D eigenvalue weighted by atomic mass is 32.2. The van der Waals surface area contributed by atoms with Gasteiger partial charge in [-0.15, -0.1) is 0 Å². The number of aliphatic hydroxyl groups excluding tert-OH is 1. The maximum atomic E-state index is 11.7. The molecule has 0 spiro atoms. The van der Waals surface area contributed by atoms with Crippen molar-refractivity contribution in [2.45, 2.75) is 24.9 Å². The summed E-state index contributed by atoms with van der Waals surface area (Å²) in [7, 11) is 2.40. The molecule has 0 saturated carbocycles. The number of rotatable bonds is 11. The summed E-state index contributed by atoms with van der Waals surface area (Å²) in [5, 5.41) is 8.89. The summed E-state index contributed by atoms with van der Waals surface area (Å²) in [6.07, 6.45) is 0.937. The van der Waals surface area contributed by atoms with Crippen LogP contribution in [-0.4, -0.2) is 71.3 Å². The summed E-state index contributed by atoms with van der Waals surface area (Å²) in [4.78, 5) is 12.6. The van der Waals surface area contributed by atoms with Crippen LogP contribution in [0, 0.1) is 0 Å². The van der Waals surface area contributed by atoms with Crippen molar-refractivity contribution in [2.24, 2.45) is 0 Å². The van der Waals surface area contributed by atoms with Crippen molar-refractivity contribution in [3.63, 3.8) is 0 Å². The number of aliphatic hydroxyl groups is 1. The number of hydrogen-bond donors (Lipinski definition) is 2. The van der Waals surface area contributed by atoms with E-state index >= 15 is 0 Å². The van der Waals surface area contributed by atoms with Gasteiger partial charge in [-0.05, 0) is 12.2 Å². The molecule has 8 heteroatoms. The zero-order valence-electron chi connectivity index (χ0n) is 12.7. The molecule has 0 radical (unpaired) electrons. The quantitative estimate of drug-likeness (QED) is 0.294. The largest absolute Gasteiger partial charge is 0.500 e. The SMILES string of the molecule is CO[Si](CCCSCC1(C)C(=O)[NH+]1CCO)(OC)OC. The van der Waals surface area contributed by atoms with Crippen molar-refractivity contribution >= 4 is 26.5 Å². The fraction of sp³-hybridized carbons (Fsp3) is 0.917. The lowest BCUT2D eigenvalue weighted by atomic mass is 10.2. The molecule has 1 amide bonds. The second-order valence-corrected chi connectivity index (χ2v) is 9.26. The van der Waals surface area contributed by atoms with Crippen LogP contribution >= 0.6 is 11.8 Å². The molecular formula is C12H26NO5SSi+. The molecule has 20 heavy (non-hydrogen) atoms. The molecule has 0 aromatic heterocycles. The number of nitrogens with one attached hydrogen (secondary N) is 1. The van der Waals surface area contributed by atoms with E-state index in [2.05, 4.69) is 0 Å². The molecule has 118 valence electrons. The van der Waals surface area contributed by atoms with Crippen LogP contribution in [0.1, 0.15) is 13.3 Å². The fourth-order valence-electron chi connectivity index (χ4n) is 2.33. The first kappa shape index (κ1) is 18.1. The van der Waals surface area contributed by atoms with Gasteiger partial charge in [0.1, 0.15) is 6.54 Å². The minimum absolute atomic E-state index is 0.0605. The average Bonchev–Trinajstić information content (AvgIpc) is 2.97. The van der Waals surface area contributed by atoms with Gasteiger partial charge >= 0.3 is 14.7 Å². The summed E-state index contributed by atoms with van der Waals surface area (Å²) in [6.45, 7) is 2.54. The normalized spacial score (nSPS) is 26.1. The van der Waals surface area contributed by atoms with E-state index < -0.39 is 8.80 Å². The zero-order chi connectivity index (χ0) is 15.2. The van der Waals surface area contributed by atoms with Crippen LogP contribution in [0.25, 0.3) is 0 Å². The zero-order valence-corrected chi connectivity index (χ0v) is 14.5. The lowest BCUT2D eigenvalue weighted by Crippen LogP contribution is -2.99. The van der Waals surface area contributed by atoms with Crippen molar-refractivity contribution < 1.29 is 28.1 Å². The van der Waals surface area contributed by atoms with E-state index in [1.165, 1.54) is 0 Å². The van der Waals surface area contributed by atoms with E-state index in [0.29, 0.717) is 6.54 Å². The Kier molecular flexibility index (Phi) is 7.13. The van der Waals surface area contributed by atoms with Crippen LogP contribution in [0.2, 0.25) is 6.04 Å². The second kappa shape index (κ2) is 7.88. The van der Waals surface area contributed by atoms with Crippen LogP contribution in [-0.2, 0) is 18.1 Å². The summed E-state index contributed by atoms with van der Waals surface area (Å²) >= 11 is 1.76. The maximum Gasteiger partial charge on any atom is 0.500 e. The highest BCUT2D eigenvalue weighted by Crippen LogP contribution is 2.21. The summed E-state index contributed by atoms with van der Waals surface area (Å²) in [5.74, 6) is 1.96. The summed E-state index contributed by atoms with van der Waals surface area (Å²) in [5.41, 5.74) is -0.300. The van der Waals surface area contributed by atoms with E-state index in [0.717, 1.165) is 28.9 Å². The molecule has 6 nitrogen and oxygen atoms in total. The molecule has 0 aromatic carbocycles. The molecule has 2 N–H and O–H groups in total. The first-order valence-corrected chi connectivity index (χ1v) is 9.83. The van der Waals surface area contributed by atoms with Crippen LogP contribution in [0.15, 0.2) is 0 Å². The van der Waals surface area contributed by atoms with E-state index in [4.69, 9.17) is 18.4 Å². The maximum absolute atomic E-state index is 11.7. The first-order valence-electron chi connectivity index (χ1n) is 6.75. The summed E-state index contributed by atoms with van der Waals surface area (Å²) < 4.78 is 16.1. The molecule has 2 atom stereocenters. The predicted octanol–water partition coefficient (Wildman–Crippen LogP) is -0.836. The third-order valence-corrected chi connectivity index (χ3v) is 8.03. The third-order valence-electron chi connectivity index (χ3n) is 3.84. The molecule has 1 heterocycles. The standard InChI is InChI=1S/C12H25NO5SSi/c1-12(11(15)13(12)6-7-14)10-19-8-5-9-20(16-2,17-3)18-4/h14H,5-10H2,1-4H3/p+1. The number of carbonyl (C=O) groups excluding carboxylic acids is 1. The molecule has 1 saturated heterocycles. The Morgan fingerprint density at radius 2 is 1.90 bits per heavy atom. The van der Waals surface area contributed by atoms with Crippen LogP contribution < -0.4 is 4.90 Å². The van der Waals surface area contributed by atoms with Gasteiger partial charge in [0.2, 0.25) is 5.54 Å². The van der Waals surface area contributed by atoms with Gasteiger partial charge in [-0.3, -0.25) is 0 Å². The minimum Gasteiger partial charge on any atom is -0.390 e. The van der Waals surface area contributed by atoms with E-state index in [9.17, 15) is 4.79 Å². The smallest absolute Gasteiger partial charge is 0.390 e. The summed E-state index contributed by atoms with van der Waals surface area (Å²) in [6, 6.07) is 0.779. The highest BCUT2D eigenvalue weighted by molar-refractivity contribution is 7.99. The number of hydrogen-bond acceptors (Lipinski definition) is 6. The topological polar surface area (TPSA) is 69.4 Å². The lowest BCUT2D eigenvalue weighted by Gasteiger charge is -2.24. The van der Waals surface area contributed by atoms with Gasteiger partial charge in [-0.1, -0.05) is 0 Å². The van der Waals surface area contributed by atoms with Crippen LogP contribution in [0.5, 0.6) is 0 Å². The Hall–Kier alpha value is 0.0369. The molecule has 2 unspecified atom stereocenters. The molecule has 0 bridgehead atoms. The number of amides is 1. The number of carbonyl (C=O) groups is 1. The van der Waals surface area contributed by atoms with Crippen molar-refractivity contribution in [1.29, 1.82) is 0 Å². The molecular weight excluding hydrogens is 298 g/mol. The molecule has 0 aromatic rings. The van der Waals surface area contributed by atoms with Gasteiger partial charge < -0.3 is 18.4 Å². The van der Waals surface area contributed by atoms with Gasteiger partial charge in [-0.2, -0.15) is 11.8 Å². The minimum atomic E-state index is -2.46. The monoisotopic (exact) mass is 324 g/mol. The molecule has 1 aliphatic heterocycles. The molecule has 0 aliphatic carbocycles. The Morgan fingerprint density at radius 1 is 1.30 bits per heavy atom. The Balaban J connectivity index is 2.21. The molecule has 1 aliphatic rings. The Morgan fingerprint density at radius 3 is 2.40 bits per heavy atom. The van der Waals surface area contributed by atoms with Gasteiger partial charge in [0.05, 0.1) is 12.4 Å². The first-order chi connectivity index (χ1) is 9.49. The fourth-order valence-corrected chi connectivity index (χ4v) is 5.51. The highest BCUT2D eigenvalue weighted by Gasteiger charge is 2.66. The van der Waals surface area contributed by atoms with Crippen molar-refractivity contribution in [1.82, 2.24) is 0 Å². The lowest BCUT2D eigenvalue weighted by molar-refractivity contribution is -0.753. The van der Waals surface area contributed by atoms with Crippen LogP contribution in [0.3, 0.4) is 0 Å². The van der Waals surface area contributed by atoms with Crippen molar-refractivity contribution in [3.05, 3.63) is 0 Å². The van der Waals surface area contributed by atoms with Gasteiger partial charge in [0, 0.05) is 34.3 Å². The number of quaternary nitrogens is 1. The third kappa shape index (κ3) is 4.03. The van der Waals surface area contributed by atoms with Crippen molar-refractivity contribution in [3.8, 4) is 0 Å². The van der Waals surface area contributed by atoms with E-state index in [-0.39, 0.29) is 18.1 Å². The van der Waals surface area contributed by atoms with Gasteiger partial charge in [-0.25, -0.2) is 9.69 Å².